The number of ketones is 1. The van der Waals surface area contributed by atoms with E-state index in [1.807, 2.05) is 13.8 Å². The lowest BCUT2D eigenvalue weighted by molar-refractivity contribution is -0.126. The molecule has 0 saturated heterocycles. The number of hydrogen-bond acceptors (Lipinski definition) is 8. The number of amides is 1. The molecule has 0 aliphatic carbocycles. The van der Waals surface area contributed by atoms with Crippen molar-refractivity contribution in [1.29, 1.82) is 0 Å². The molecule has 1 atom stereocenters. The first-order valence-corrected chi connectivity index (χ1v) is 11.9. The largest absolute Gasteiger partial charge is 0.492 e. The molecule has 0 saturated carbocycles. The standard InChI is InChI=1S/C24H29Cl2N3O6/c1-6-32-17-13-11-16(22(19(17)26)34-8-3)27-24(31)20(14(5)30)28-29-21-15(25)10-12-18(33-7-2)23(21)35-9-4/h10-13,20H,6-9H2,1-5H3,(H,27,31). The first-order valence-electron chi connectivity index (χ1n) is 11.2. The van der Waals surface area contributed by atoms with E-state index in [-0.39, 0.29) is 32.9 Å². The van der Waals surface area contributed by atoms with Gasteiger partial charge in [0.25, 0.3) is 5.91 Å². The molecule has 0 aliphatic rings. The zero-order valence-electron chi connectivity index (χ0n) is 20.3. The molecular formula is C24H29Cl2N3O6. The summed E-state index contributed by atoms with van der Waals surface area (Å²) < 4.78 is 22.3. The van der Waals surface area contributed by atoms with Crippen molar-refractivity contribution >= 4 is 46.3 Å². The van der Waals surface area contributed by atoms with Gasteiger partial charge in [-0.05, 0) is 58.9 Å². The number of Topliss-reactive ketones (excluding diaryl/α,β-unsaturated/α-hetero) is 1. The van der Waals surface area contributed by atoms with Crippen molar-refractivity contribution in [2.75, 3.05) is 31.7 Å². The highest BCUT2D eigenvalue weighted by molar-refractivity contribution is 6.34. The Kier molecular flexibility index (Phi) is 11.1. The van der Waals surface area contributed by atoms with E-state index in [9.17, 15) is 9.59 Å². The smallest absolute Gasteiger partial charge is 0.258 e. The van der Waals surface area contributed by atoms with Crippen LogP contribution in [0.25, 0.3) is 0 Å². The van der Waals surface area contributed by atoms with Crippen LogP contribution in [0.3, 0.4) is 0 Å². The summed E-state index contributed by atoms with van der Waals surface area (Å²) in [5, 5.41) is 11.1. The van der Waals surface area contributed by atoms with Gasteiger partial charge in [0.05, 0.1) is 37.1 Å². The molecule has 2 aromatic rings. The number of anilines is 1. The van der Waals surface area contributed by atoms with Crippen molar-refractivity contribution in [3.8, 4) is 23.0 Å². The predicted molar refractivity (Wildman–Crippen MR) is 135 cm³/mol. The SMILES string of the molecule is CCOc1ccc(NC(=O)C(N=Nc2c(Cl)ccc(OCC)c2OCC)C(C)=O)c(OCC)c1Cl. The number of hydrogen-bond donors (Lipinski definition) is 1. The molecule has 0 aromatic heterocycles. The monoisotopic (exact) mass is 525 g/mol. The lowest BCUT2D eigenvalue weighted by atomic mass is 10.2. The first-order chi connectivity index (χ1) is 16.8. The van der Waals surface area contributed by atoms with E-state index in [1.165, 1.54) is 6.92 Å². The van der Waals surface area contributed by atoms with Gasteiger partial charge in [0, 0.05) is 0 Å². The van der Waals surface area contributed by atoms with Gasteiger partial charge >= 0.3 is 0 Å². The number of halogens is 2. The summed E-state index contributed by atoms with van der Waals surface area (Å²) in [5.74, 6) is 0.0606. The molecule has 0 radical (unpaired) electrons. The average Bonchev–Trinajstić information content (AvgIpc) is 2.81. The number of nitrogens with zero attached hydrogens (tertiary/aromatic N) is 2. The molecule has 35 heavy (non-hydrogen) atoms. The number of carbonyl (C=O) groups is 2. The van der Waals surface area contributed by atoms with Crippen molar-refractivity contribution < 1.29 is 28.5 Å². The van der Waals surface area contributed by atoms with Crippen LogP contribution in [0, 0.1) is 0 Å². The van der Waals surface area contributed by atoms with Crippen LogP contribution in [0.2, 0.25) is 10.0 Å². The maximum Gasteiger partial charge on any atom is 0.258 e. The topological polar surface area (TPSA) is 108 Å². The Morgan fingerprint density at radius 1 is 0.857 bits per heavy atom. The zero-order chi connectivity index (χ0) is 26.0. The van der Waals surface area contributed by atoms with Gasteiger partial charge in [-0.2, -0.15) is 5.11 Å². The quantitative estimate of drug-likeness (QED) is 0.244. The summed E-state index contributed by atoms with van der Waals surface area (Å²) in [6.07, 6.45) is 0. The highest BCUT2D eigenvalue weighted by Crippen LogP contribution is 2.43. The second-order valence-corrected chi connectivity index (χ2v) is 7.71. The molecule has 0 aliphatic heterocycles. The van der Waals surface area contributed by atoms with Crippen molar-refractivity contribution in [3.05, 3.63) is 34.3 Å². The molecule has 1 N–H and O–H groups in total. The Bertz CT molecular complexity index is 1080. The van der Waals surface area contributed by atoms with Gasteiger partial charge in [0.2, 0.25) is 6.04 Å². The van der Waals surface area contributed by atoms with Crippen LogP contribution in [0.15, 0.2) is 34.5 Å². The average molecular weight is 526 g/mol. The van der Waals surface area contributed by atoms with Crippen LogP contribution in [0.1, 0.15) is 34.6 Å². The van der Waals surface area contributed by atoms with Crippen LogP contribution in [-0.2, 0) is 9.59 Å². The lowest BCUT2D eigenvalue weighted by Gasteiger charge is -2.17. The molecule has 9 nitrogen and oxygen atoms in total. The van der Waals surface area contributed by atoms with E-state index in [1.54, 1.807) is 38.1 Å². The molecule has 0 fully saturated rings. The molecular weight excluding hydrogens is 497 g/mol. The van der Waals surface area contributed by atoms with Crippen LogP contribution < -0.4 is 24.3 Å². The number of rotatable bonds is 13. The summed E-state index contributed by atoms with van der Waals surface area (Å²) in [5.41, 5.74) is 0.413. The van der Waals surface area contributed by atoms with E-state index in [2.05, 4.69) is 15.5 Å². The van der Waals surface area contributed by atoms with Gasteiger partial charge in [-0.1, -0.05) is 23.2 Å². The van der Waals surface area contributed by atoms with Crippen molar-refractivity contribution in [2.24, 2.45) is 10.2 Å². The minimum absolute atomic E-state index is 0.151. The number of azo groups is 1. The molecule has 1 amide bonds. The molecule has 11 heteroatoms. The van der Waals surface area contributed by atoms with Crippen LogP contribution >= 0.6 is 23.2 Å². The van der Waals surface area contributed by atoms with Crippen LogP contribution in [-0.4, -0.2) is 44.2 Å². The van der Waals surface area contributed by atoms with Crippen molar-refractivity contribution in [1.82, 2.24) is 0 Å². The fraction of sp³-hybridized carbons (Fsp3) is 0.417. The van der Waals surface area contributed by atoms with E-state index in [4.69, 9.17) is 42.1 Å². The van der Waals surface area contributed by atoms with Gasteiger partial charge in [0.1, 0.15) is 16.5 Å². The minimum Gasteiger partial charge on any atom is -0.492 e. The fourth-order valence-electron chi connectivity index (χ4n) is 3.00. The third kappa shape index (κ3) is 7.22. The Hall–Kier alpha value is -3.04. The second kappa shape index (κ2) is 13.7. The Balaban J connectivity index is 2.40. The first kappa shape index (κ1) is 28.2. The van der Waals surface area contributed by atoms with E-state index in [0.717, 1.165) is 0 Å². The summed E-state index contributed by atoms with van der Waals surface area (Å²) in [6.45, 7) is 9.86. The van der Waals surface area contributed by atoms with Gasteiger partial charge in [0.15, 0.2) is 23.0 Å². The van der Waals surface area contributed by atoms with Gasteiger partial charge in [-0.3, -0.25) is 9.59 Å². The highest BCUT2D eigenvalue weighted by Gasteiger charge is 2.26. The third-order valence-electron chi connectivity index (χ3n) is 4.45. The molecule has 2 rings (SSSR count). The Morgan fingerprint density at radius 3 is 2.03 bits per heavy atom. The van der Waals surface area contributed by atoms with E-state index in [0.29, 0.717) is 37.9 Å². The zero-order valence-corrected chi connectivity index (χ0v) is 21.8. The summed E-state index contributed by atoms with van der Waals surface area (Å²) >= 11 is 12.7. The summed E-state index contributed by atoms with van der Waals surface area (Å²) in [4.78, 5) is 25.3. The van der Waals surface area contributed by atoms with Gasteiger partial charge in [-0.15, -0.1) is 5.11 Å². The van der Waals surface area contributed by atoms with Gasteiger partial charge in [-0.25, -0.2) is 0 Å². The predicted octanol–water partition coefficient (Wildman–Crippen LogP) is 6.27. The number of ether oxygens (including phenoxy) is 4. The second-order valence-electron chi connectivity index (χ2n) is 6.93. The van der Waals surface area contributed by atoms with Crippen molar-refractivity contribution in [2.45, 2.75) is 40.7 Å². The molecule has 0 heterocycles. The molecule has 0 bridgehead atoms. The maximum atomic E-state index is 13.0. The molecule has 190 valence electrons. The van der Waals surface area contributed by atoms with Crippen molar-refractivity contribution in [3.63, 3.8) is 0 Å². The normalized spacial score (nSPS) is 11.7. The van der Waals surface area contributed by atoms with Crippen LogP contribution in [0.4, 0.5) is 11.4 Å². The minimum atomic E-state index is -1.46. The fourth-order valence-corrected chi connectivity index (χ4v) is 3.46. The summed E-state index contributed by atoms with van der Waals surface area (Å²) in [6, 6.07) is 4.93. The van der Waals surface area contributed by atoms with E-state index >= 15 is 0 Å². The molecule has 1 unspecified atom stereocenters. The molecule has 2 aromatic carbocycles. The van der Waals surface area contributed by atoms with Gasteiger partial charge < -0.3 is 24.3 Å². The van der Waals surface area contributed by atoms with Crippen LogP contribution in [0.5, 0.6) is 23.0 Å². The third-order valence-corrected chi connectivity index (χ3v) is 5.11. The number of benzene rings is 2. The maximum absolute atomic E-state index is 13.0. The molecule has 0 spiro atoms. The number of nitrogens with one attached hydrogen (secondary N) is 1. The van der Waals surface area contributed by atoms with E-state index < -0.39 is 17.7 Å². The highest BCUT2D eigenvalue weighted by atomic mass is 35.5. The Morgan fingerprint density at radius 2 is 1.43 bits per heavy atom. The number of carbonyl (C=O) groups excluding carboxylic acids is 2. The Labute approximate surface area is 214 Å². The summed E-state index contributed by atoms with van der Waals surface area (Å²) in [7, 11) is 0. The lowest BCUT2D eigenvalue weighted by Crippen LogP contribution is -2.32.